The molecule has 2 aromatic carbocycles. The fraction of sp³-hybridized carbons (Fsp3) is 0.364. The van der Waals surface area contributed by atoms with Gasteiger partial charge in [0.1, 0.15) is 5.92 Å². The van der Waals surface area contributed by atoms with Crippen molar-refractivity contribution < 1.29 is 14.3 Å². The minimum atomic E-state index is -0.901. The Balaban J connectivity index is 1.72. The standard InChI is InChI=1S/C22H21ClO3S/c1-13-12-18(14(2)11-17(13)15-3-5-16(23)6-4-15)19-20(24)22(26-21(19)25)7-9-27-10-8-22/h3-6,11-12,19H,7-10H2,1-2H3. The summed E-state index contributed by atoms with van der Waals surface area (Å²) in [6.45, 7) is 3.96. The van der Waals surface area contributed by atoms with Crippen LogP contribution in [-0.4, -0.2) is 28.9 Å². The third kappa shape index (κ3) is 3.19. The van der Waals surface area contributed by atoms with Crippen molar-refractivity contribution in [2.75, 3.05) is 11.5 Å². The van der Waals surface area contributed by atoms with Gasteiger partial charge in [0.2, 0.25) is 0 Å². The summed E-state index contributed by atoms with van der Waals surface area (Å²) in [7, 11) is 0. The lowest BCUT2D eigenvalue weighted by molar-refractivity contribution is -0.152. The van der Waals surface area contributed by atoms with Gasteiger partial charge >= 0.3 is 5.97 Å². The molecule has 5 heteroatoms. The molecule has 2 saturated heterocycles. The summed E-state index contributed by atoms with van der Waals surface area (Å²) in [6.07, 6.45) is 1.25. The Morgan fingerprint density at radius 3 is 2.37 bits per heavy atom. The van der Waals surface area contributed by atoms with Crippen molar-refractivity contribution >= 4 is 35.1 Å². The van der Waals surface area contributed by atoms with E-state index in [0.29, 0.717) is 17.9 Å². The molecule has 0 N–H and O–H groups in total. The highest BCUT2D eigenvalue weighted by atomic mass is 35.5. The van der Waals surface area contributed by atoms with Crippen LogP contribution in [0.25, 0.3) is 11.1 Å². The van der Waals surface area contributed by atoms with Crippen LogP contribution in [0.2, 0.25) is 5.02 Å². The molecule has 3 nitrogen and oxygen atoms in total. The molecule has 0 radical (unpaired) electrons. The van der Waals surface area contributed by atoms with Crippen molar-refractivity contribution in [2.45, 2.75) is 38.2 Å². The lowest BCUT2D eigenvalue weighted by Crippen LogP contribution is -2.40. The minimum Gasteiger partial charge on any atom is -0.450 e. The van der Waals surface area contributed by atoms with Gasteiger partial charge in [-0.3, -0.25) is 9.59 Å². The van der Waals surface area contributed by atoms with E-state index in [9.17, 15) is 9.59 Å². The number of Topliss-reactive ketones (excluding diaryl/α,β-unsaturated/α-hetero) is 1. The number of ketones is 1. The molecule has 2 aliphatic heterocycles. The Hall–Kier alpha value is -1.78. The monoisotopic (exact) mass is 400 g/mol. The van der Waals surface area contributed by atoms with E-state index < -0.39 is 17.5 Å². The van der Waals surface area contributed by atoms with Crippen LogP contribution in [0.15, 0.2) is 36.4 Å². The number of aryl methyl sites for hydroxylation is 2. The van der Waals surface area contributed by atoms with Crippen LogP contribution >= 0.6 is 23.4 Å². The molecule has 2 fully saturated rings. The average molecular weight is 401 g/mol. The van der Waals surface area contributed by atoms with Crippen LogP contribution in [0.5, 0.6) is 0 Å². The highest BCUT2D eigenvalue weighted by Crippen LogP contribution is 2.43. The number of benzene rings is 2. The van der Waals surface area contributed by atoms with Crippen LogP contribution in [0, 0.1) is 13.8 Å². The molecular weight excluding hydrogens is 380 g/mol. The maximum atomic E-state index is 13.2. The molecule has 2 heterocycles. The highest BCUT2D eigenvalue weighted by Gasteiger charge is 2.56. The molecule has 1 spiro atoms. The Morgan fingerprint density at radius 1 is 1.04 bits per heavy atom. The summed E-state index contributed by atoms with van der Waals surface area (Å²) < 4.78 is 5.68. The second-order valence-corrected chi connectivity index (χ2v) is 9.02. The molecule has 0 aromatic heterocycles. The van der Waals surface area contributed by atoms with E-state index in [4.69, 9.17) is 16.3 Å². The molecule has 0 amide bonds. The zero-order valence-electron chi connectivity index (χ0n) is 15.4. The SMILES string of the molecule is Cc1cc(C2C(=O)OC3(CCSCC3)C2=O)c(C)cc1-c1ccc(Cl)cc1. The lowest BCUT2D eigenvalue weighted by atomic mass is 9.81. The summed E-state index contributed by atoms with van der Waals surface area (Å²) in [6, 6.07) is 11.7. The van der Waals surface area contributed by atoms with E-state index in [0.717, 1.165) is 39.3 Å². The van der Waals surface area contributed by atoms with Gasteiger partial charge in [0.15, 0.2) is 11.4 Å². The summed E-state index contributed by atoms with van der Waals surface area (Å²) in [4.78, 5) is 25.8. The molecule has 27 heavy (non-hydrogen) atoms. The topological polar surface area (TPSA) is 43.4 Å². The van der Waals surface area contributed by atoms with Gasteiger partial charge in [-0.25, -0.2) is 0 Å². The summed E-state index contributed by atoms with van der Waals surface area (Å²) in [5.74, 6) is 0.465. The Bertz CT molecular complexity index is 914. The van der Waals surface area contributed by atoms with Gasteiger partial charge in [-0.15, -0.1) is 0 Å². The highest BCUT2D eigenvalue weighted by molar-refractivity contribution is 7.99. The summed E-state index contributed by atoms with van der Waals surface area (Å²) in [5, 5.41) is 0.694. The molecular formula is C22H21ClO3S. The first kappa shape index (κ1) is 18.6. The number of hydrogen-bond acceptors (Lipinski definition) is 4. The fourth-order valence-corrected chi connectivity index (χ4v) is 5.36. The van der Waals surface area contributed by atoms with Crippen LogP contribution in [0.3, 0.4) is 0 Å². The maximum Gasteiger partial charge on any atom is 0.322 e. The smallest absolute Gasteiger partial charge is 0.322 e. The van der Waals surface area contributed by atoms with Crippen molar-refractivity contribution in [2.24, 2.45) is 0 Å². The molecule has 2 aromatic rings. The van der Waals surface area contributed by atoms with E-state index in [1.807, 2.05) is 55.9 Å². The van der Waals surface area contributed by atoms with Gasteiger partial charge in [0.05, 0.1) is 0 Å². The third-order valence-electron chi connectivity index (χ3n) is 5.62. The lowest BCUT2D eigenvalue weighted by Gasteiger charge is -2.29. The van der Waals surface area contributed by atoms with E-state index in [-0.39, 0.29) is 5.78 Å². The predicted molar refractivity (Wildman–Crippen MR) is 109 cm³/mol. The number of hydrogen-bond donors (Lipinski definition) is 0. The van der Waals surface area contributed by atoms with Crippen LogP contribution in [0.4, 0.5) is 0 Å². The van der Waals surface area contributed by atoms with E-state index >= 15 is 0 Å². The van der Waals surface area contributed by atoms with E-state index in [2.05, 4.69) is 6.07 Å². The Kier molecular flexibility index (Phi) is 4.81. The van der Waals surface area contributed by atoms with Gasteiger partial charge in [-0.05, 0) is 65.3 Å². The van der Waals surface area contributed by atoms with E-state index in [1.54, 1.807) is 0 Å². The summed E-state index contributed by atoms with van der Waals surface area (Å²) >= 11 is 7.80. The van der Waals surface area contributed by atoms with Crippen LogP contribution in [0.1, 0.15) is 35.4 Å². The molecule has 1 unspecified atom stereocenters. The average Bonchev–Trinajstić information content (AvgIpc) is 2.88. The van der Waals surface area contributed by atoms with Crippen molar-refractivity contribution in [3.8, 4) is 11.1 Å². The molecule has 140 valence electrons. The van der Waals surface area contributed by atoms with Crippen molar-refractivity contribution in [1.82, 2.24) is 0 Å². The Morgan fingerprint density at radius 2 is 1.70 bits per heavy atom. The predicted octanol–water partition coefficient (Wildman–Crippen LogP) is 5.10. The maximum absolute atomic E-state index is 13.2. The number of rotatable bonds is 2. The quantitative estimate of drug-likeness (QED) is 0.519. The zero-order chi connectivity index (χ0) is 19.2. The first-order valence-electron chi connectivity index (χ1n) is 9.13. The van der Waals surface area contributed by atoms with Crippen molar-refractivity contribution in [1.29, 1.82) is 0 Å². The molecule has 0 aliphatic carbocycles. The Labute approximate surface area is 168 Å². The number of ether oxygens (including phenoxy) is 1. The van der Waals surface area contributed by atoms with Gasteiger partial charge in [0, 0.05) is 17.9 Å². The van der Waals surface area contributed by atoms with Crippen LogP contribution in [-0.2, 0) is 14.3 Å². The van der Waals surface area contributed by atoms with Gasteiger partial charge in [0.25, 0.3) is 0 Å². The second kappa shape index (κ2) is 6.99. The molecule has 2 aliphatic rings. The van der Waals surface area contributed by atoms with Gasteiger partial charge in [-0.1, -0.05) is 35.9 Å². The van der Waals surface area contributed by atoms with Crippen molar-refractivity contribution in [3.05, 3.63) is 58.1 Å². The minimum absolute atomic E-state index is 0.0606. The summed E-state index contributed by atoms with van der Waals surface area (Å²) in [5.41, 5.74) is 3.97. The number of halogens is 1. The number of thioether (sulfide) groups is 1. The number of carbonyl (C=O) groups is 2. The fourth-order valence-electron chi connectivity index (χ4n) is 4.08. The zero-order valence-corrected chi connectivity index (χ0v) is 17.0. The number of esters is 1. The second-order valence-electron chi connectivity index (χ2n) is 7.36. The molecule has 0 bridgehead atoms. The molecule has 4 rings (SSSR count). The molecule has 1 atom stereocenters. The van der Waals surface area contributed by atoms with Crippen molar-refractivity contribution in [3.63, 3.8) is 0 Å². The number of carbonyl (C=O) groups excluding carboxylic acids is 2. The largest absolute Gasteiger partial charge is 0.450 e. The molecule has 0 saturated carbocycles. The van der Waals surface area contributed by atoms with E-state index in [1.165, 1.54) is 0 Å². The normalized spacial score (nSPS) is 21.5. The first-order valence-corrected chi connectivity index (χ1v) is 10.7. The van der Waals surface area contributed by atoms with Crippen LogP contribution < -0.4 is 0 Å². The van der Waals surface area contributed by atoms with Gasteiger partial charge in [-0.2, -0.15) is 11.8 Å². The first-order chi connectivity index (χ1) is 12.9. The third-order valence-corrected chi connectivity index (χ3v) is 6.86. The van der Waals surface area contributed by atoms with Gasteiger partial charge < -0.3 is 4.74 Å².